The molecule has 0 fully saturated rings. The summed E-state index contributed by atoms with van der Waals surface area (Å²) in [6.07, 6.45) is -0.587. The molecule has 8 nitrogen and oxygen atoms in total. The van der Waals surface area contributed by atoms with Crippen LogP contribution >= 0.6 is 15.9 Å². The summed E-state index contributed by atoms with van der Waals surface area (Å²) in [5.41, 5.74) is -0.916. The van der Waals surface area contributed by atoms with Gasteiger partial charge in [0.15, 0.2) is 0 Å². The molecule has 0 saturated heterocycles. The van der Waals surface area contributed by atoms with Gasteiger partial charge in [-0.2, -0.15) is 0 Å². The average molecular weight is 377 g/mol. The first-order valence-corrected chi connectivity index (χ1v) is 7.23. The number of aromatic nitrogens is 2. The van der Waals surface area contributed by atoms with Crippen molar-refractivity contribution in [1.82, 2.24) is 9.13 Å². The van der Waals surface area contributed by atoms with Gasteiger partial charge in [-0.15, -0.1) is 0 Å². The van der Waals surface area contributed by atoms with Gasteiger partial charge in [0.1, 0.15) is 17.2 Å². The van der Waals surface area contributed by atoms with Crippen molar-refractivity contribution < 1.29 is 19.1 Å². The molecule has 1 unspecified atom stereocenters. The Morgan fingerprint density at radius 1 is 1.23 bits per heavy atom. The van der Waals surface area contributed by atoms with Crippen LogP contribution < -0.4 is 11.2 Å². The smallest absolute Gasteiger partial charge is 0.331 e. The van der Waals surface area contributed by atoms with Gasteiger partial charge in [0.25, 0.3) is 5.56 Å². The third-order valence-electron chi connectivity index (χ3n) is 2.81. The van der Waals surface area contributed by atoms with E-state index in [9.17, 15) is 19.2 Å². The van der Waals surface area contributed by atoms with Crippen molar-refractivity contribution in [1.29, 1.82) is 0 Å². The highest BCUT2D eigenvalue weighted by atomic mass is 79.9. The van der Waals surface area contributed by atoms with Crippen LogP contribution in [-0.2, 0) is 39.3 Å². The van der Waals surface area contributed by atoms with Crippen LogP contribution in [0.5, 0.6) is 0 Å². The van der Waals surface area contributed by atoms with Gasteiger partial charge in [-0.25, -0.2) is 4.79 Å². The number of esters is 2. The molecule has 0 spiro atoms. The molecule has 1 heterocycles. The Labute approximate surface area is 134 Å². The zero-order chi connectivity index (χ0) is 17.0. The molecule has 0 saturated carbocycles. The number of carbonyl (C=O) groups is 2. The van der Waals surface area contributed by atoms with Gasteiger partial charge in [-0.05, 0) is 22.9 Å². The summed E-state index contributed by atoms with van der Waals surface area (Å²) in [5.74, 6) is -1.02. The number of ether oxygens (including phenoxy) is 2. The molecule has 0 bridgehead atoms. The summed E-state index contributed by atoms with van der Waals surface area (Å²) in [4.78, 5) is 46.1. The molecular weight excluding hydrogens is 360 g/mol. The van der Waals surface area contributed by atoms with Crippen LogP contribution in [-0.4, -0.2) is 27.2 Å². The number of nitrogens with zero attached hydrogens (tertiary/aromatic N) is 2. The van der Waals surface area contributed by atoms with Gasteiger partial charge in [-0.1, -0.05) is 0 Å². The van der Waals surface area contributed by atoms with Crippen molar-refractivity contribution in [3.63, 3.8) is 0 Å². The van der Waals surface area contributed by atoms with E-state index in [2.05, 4.69) is 15.9 Å². The van der Waals surface area contributed by atoms with Crippen molar-refractivity contribution in [2.24, 2.45) is 7.05 Å². The Bertz CT molecular complexity index is 706. The summed E-state index contributed by atoms with van der Waals surface area (Å²) >= 11 is 3.11. The highest BCUT2D eigenvalue weighted by molar-refractivity contribution is 9.10. The van der Waals surface area contributed by atoms with Crippen molar-refractivity contribution in [2.45, 2.75) is 40.0 Å². The summed E-state index contributed by atoms with van der Waals surface area (Å²) in [6, 6.07) is 0. The molecule has 0 aromatic carbocycles. The molecule has 0 aliphatic heterocycles. The fourth-order valence-corrected chi connectivity index (χ4v) is 2.44. The molecule has 0 aliphatic rings. The molecule has 0 amide bonds. The van der Waals surface area contributed by atoms with E-state index in [1.165, 1.54) is 25.5 Å². The minimum absolute atomic E-state index is 0.0295. The molecular formula is C13H17BrN2O6. The molecule has 22 heavy (non-hydrogen) atoms. The molecule has 0 N–H and O–H groups in total. The van der Waals surface area contributed by atoms with Crippen LogP contribution in [0.15, 0.2) is 14.1 Å². The van der Waals surface area contributed by atoms with Crippen LogP contribution in [0.25, 0.3) is 0 Å². The zero-order valence-electron chi connectivity index (χ0n) is 12.7. The normalized spacial score (nSPS) is 11.9. The van der Waals surface area contributed by atoms with Crippen LogP contribution in [0.4, 0.5) is 0 Å². The van der Waals surface area contributed by atoms with Crippen molar-refractivity contribution in [3.05, 3.63) is 31.0 Å². The molecule has 1 rings (SSSR count). The van der Waals surface area contributed by atoms with E-state index in [4.69, 9.17) is 9.47 Å². The first-order valence-electron chi connectivity index (χ1n) is 6.44. The molecule has 0 aliphatic carbocycles. The fraction of sp³-hybridized carbons (Fsp3) is 0.538. The molecule has 1 aromatic heterocycles. The monoisotopic (exact) mass is 376 g/mol. The van der Waals surface area contributed by atoms with Crippen molar-refractivity contribution >= 4 is 27.9 Å². The Balaban J connectivity index is 3.33. The van der Waals surface area contributed by atoms with Crippen molar-refractivity contribution in [3.8, 4) is 0 Å². The number of hydrogen-bond donors (Lipinski definition) is 0. The van der Waals surface area contributed by atoms with E-state index in [0.717, 1.165) is 4.57 Å². The van der Waals surface area contributed by atoms with E-state index in [0.29, 0.717) is 0 Å². The lowest BCUT2D eigenvalue weighted by Crippen LogP contribution is -2.42. The Hall–Kier alpha value is -1.90. The SMILES string of the molecule is CC(=O)OCc1c(Br)c(=O)n(C)c(=O)n1CC(C)OC(C)=O. The van der Waals surface area contributed by atoms with Crippen molar-refractivity contribution in [2.75, 3.05) is 0 Å². The molecule has 9 heteroatoms. The third-order valence-corrected chi connectivity index (χ3v) is 3.61. The van der Waals surface area contributed by atoms with E-state index in [1.807, 2.05) is 0 Å². The van der Waals surface area contributed by atoms with E-state index in [-0.39, 0.29) is 23.3 Å². The third kappa shape index (κ3) is 4.30. The first-order chi connectivity index (χ1) is 10.1. The number of halogens is 1. The van der Waals surface area contributed by atoms with Crippen LogP contribution in [0.3, 0.4) is 0 Å². The van der Waals surface area contributed by atoms with E-state index < -0.39 is 29.3 Å². The maximum Gasteiger partial charge on any atom is 0.331 e. The predicted molar refractivity (Wildman–Crippen MR) is 80.3 cm³/mol. The summed E-state index contributed by atoms with van der Waals surface area (Å²) in [5, 5.41) is 0. The molecule has 1 aromatic rings. The van der Waals surface area contributed by atoms with E-state index >= 15 is 0 Å². The minimum Gasteiger partial charge on any atom is -0.461 e. The highest BCUT2D eigenvalue weighted by Gasteiger charge is 2.19. The van der Waals surface area contributed by atoms with Crippen LogP contribution in [0, 0.1) is 0 Å². The van der Waals surface area contributed by atoms with Gasteiger partial charge in [-0.3, -0.25) is 23.5 Å². The summed E-state index contributed by atoms with van der Waals surface area (Å²) < 4.78 is 12.1. The van der Waals surface area contributed by atoms with Gasteiger partial charge in [0.2, 0.25) is 0 Å². The van der Waals surface area contributed by atoms with E-state index in [1.54, 1.807) is 6.92 Å². The fourth-order valence-electron chi connectivity index (χ4n) is 1.85. The average Bonchev–Trinajstić information content (AvgIpc) is 2.41. The first kappa shape index (κ1) is 18.1. The van der Waals surface area contributed by atoms with Gasteiger partial charge in [0.05, 0.1) is 12.2 Å². The second-order valence-electron chi connectivity index (χ2n) is 4.72. The van der Waals surface area contributed by atoms with Gasteiger partial charge >= 0.3 is 17.6 Å². The second kappa shape index (κ2) is 7.39. The summed E-state index contributed by atoms with van der Waals surface area (Å²) in [7, 11) is 1.33. The highest BCUT2D eigenvalue weighted by Crippen LogP contribution is 2.12. The molecule has 122 valence electrons. The standard InChI is InChI=1S/C13H17BrN2O6/c1-7(22-9(3)18)5-16-10(6-21-8(2)17)11(14)12(19)15(4)13(16)20/h7H,5-6H2,1-4H3. The number of carbonyl (C=O) groups excluding carboxylic acids is 2. The minimum atomic E-state index is -0.589. The topological polar surface area (TPSA) is 96.6 Å². The van der Waals surface area contributed by atoms with Crippen LogP contribution in [0.1, 0.15) is 26.5 Å². The molecule has 0 radical (unpaired) electrons. The lowest BCUT2D eigenvalue weighted by atomic mass is 10.3. The largest absolute Gasteiger partial charge is 0.461 e. The maximum absolute atomic E-state index is 12.3. The Kier molecular flexibility index (Phi) is 6.10. The maximum atomic E-state index is 12.3. The number of rotatable bonds is 5. The quantitative estimate of drug-likeness (QED) is 0.686. The number of hydrogen-bond acceptors (Lipinski definition) is 6. The predicted octanol–water partition coefficient (Wildman–Crippen LogP) is 0.324. The lowest BCUT2D eigenvalue weighted by Gasteiger charge is -2.19. The summed E-state index contributed by atoms with van der Waals surface area (Å²) in [6.45, 7) is 3.88. The zero-order valence-corrected chi connectivity index (χ0v) is 14.3. The lowest BCUT2D eigenvalue weighted by molar-refractivity contribution is -0.146. The second-order valence-corrected chi connectivity index (χ2v) is 5.51. The van der Waals surface area contributed by atoms with Gasteiger partial charge in [0, 0.05) is 20.9 Å². The Morgan fingerprint density at radius 2 is 1.82 bits per heavy atom. The van der Waals surface area contributed by atoms with Crippen LogP contribution in [0.2, 0.25) is 0 Å². The van der Waals surface area contributed by atoms with Gasteiger partial charge < -0.3 is 9.47 Å². The molecule has 1 atom stereocenters. The Morgan fingerprint density at radius 3 is 2.32 bits per heavy atom.